The molecule has 0 bridgehead atoms. The lowest BCUT2D eigenvalue weighted by Crippen LogP contribution is -2.35. The van der Waals surface area contributed by atoms with Crippen molar-refractivity contribution in [2.24, 2.45) is 0 Å². The first-order valence-corrected chi connectivity index (χ1v) is 7.56. The number of benzene rings is 1. The Kier molecular flexibility index (Phi) is 6.02. The number of thioether (sulfide) groups is 1. The van der Waals surface area contributed by atoms with Gasteiger partial charge < -0.3 is 16.0 Å². The van der Waals surface area contributed by atoms with Gasteiger partial charge >= 0.3 is 0 Å². The monoisotopic (exact) mass is 281 g/mol. The van der Waals surface area contributed by atoms with Gasteiger partial charge in [-0.2, -0.15) is 11.8 Å². The van der Waals surface area contributed by atoms with E-state index >= 15 is 0 Å². The number of anilines is 2. The van der Waals surface area contributed by atoms with E-state index in [2.05, 4.69) is 12.2 Å². The van der Waals surface area contributed by atoms with Crippen molar-refractivity contribution >= 4 is 29.0 Å². The summed E-state index contributed by atoms with van der Waals surface area (Å²) in [6.07, 6.45) is 0. The van der Waals surface area contributed by atoms with E-state index in [0.717, 1.165) is 17.2 Å². The zero-order chi connectivity index (χ0) is 14.4. The minimum absolute atomic E-state index is 0.0693. The fourth-order valence-corrected chi connectivity index (χ4v) is 2.44. The molecule has 1 amide bonds. The molecule has 4 nitrogen and oxygen atoms in total. The minimum Gasteiger partial charge on any atom is -0.399 e. The van der Waals surface area contributed by atoms with Gasteiger partial charge in [0.2, 0.25) is 0 Å². The minimum atomic E-state index is -0.0693. The second-order valence-electron chi connectivity index (χ2n) is 4.70. The molecular formula is C14H23N3OS. The molecule has 19 heavy (non-hydrogen) atoms. The number of carbonyl (C=O) groups excluding carboxylic acids is 1. The van der Waals surface area contributed by atoms with E-state index in [1.165, 1.54) is 0 Å². The Morgan fingerprint density at radius 2 is 2.16 bits per heavy atom. The van der Waals surface area contributed by atoms with Gasteiger partial charge in [-0.05, 0) is 30.9 Å². The quantitative estimate of drug-likeness (QED) is 0.785. The summed E-state index contributed by atoms with van der Waals surface area (Å²) in [5.74, 6) is 1.91. The first kappa shape index (κ1) is 15.7. The summed E-state index contributed by atoms with van der Waals surface area (Å²) < 4.78 is 0. The topological polar surface area (TPSA) is 58.4 Å². The SMILES string of the molecule is CCSCC(C)NC(=O)c1cc(N)ccc1N(C)C. The van der Waals surface area contributed by atoms with E-state index in [-0.39, 0.29) is 11.9 Å². The average molecular weight is 281 g/mol. The van der Waals surface area contributed by atoms with Crippen molar-refractivity contribution < 1.29 is 4.79 Å². The molecule has 106 valence electrons. The zero-order valence-corrected chi connectivity index (χ0v) is 12.9. The van der Waals surface area contributed by atoms with Crippen molar-refractivity contribution in [2.75, 3.05) is 36.2 Å². The normalized spacial score (nSPS) is 12.0. The van der Waals surface area contributed by atoms with Gasteiger partial charge in [0.25, 0.3) is 5.91 Å². The molecule has 1 unspecified atom stereocenters. The van der Waals surface area contributed by atoms with Gasteiger partial charge in [-0.15, -0.1) is 0 Å². The first-order valence-electron chi connectivity index (χ1n) is 6.41. The van der Waals surface area contributed by atoms with Crippen molar-refractivity contribution in [2.45, 2.75) is 19.9 Å². The van der Waals surface area contributed by atoms with Crippen molar-refractivity contribution in [3.8, 4) is 0 Å². The van der Waals surface area contributed by atoms with Crippen LogP contribution in [0, 0.1) is 0 Å². The van der Waals surface area contributed by atoms with Crippen LogP contribution in [-0.2, 0) is 0 Å². The molecule has 0 aliphatic heterocycles. The Bertz CT molecular complexity index is 435. The molecule has 0 saturated heterocycles. The molecule has 0 heterocycles. The molecule has 0 spiro atoms. The molecule has 0 radical (unpaired) electrons. The fourth-order valence-electron chi connectivity index (χ4n) is 1.76. The number of nitrogen functional groups attached to an aromatic ring is 1. The number of nitrogens with zero attached hydrogens (tertiary/aromatic N) is 1. The Morgan fingerprint density at radius 3 is 2.74 bits per heavy atom. The molecule has 5 heteroatoms. The van der Waals surface area contributed by atoms with E-state index in [1.54, 1.807) is 6.07 Å². The summed E-state index contributed by atoms with van der Waals surface area (Å²) in [6, 6.07) is 5.55. The predicted octanol–water partition coefficient (Wildman–Crippen LogP) is 2.21. The third kappa shape index (κ3) is 4.67. The molecule has 0 aromatic heterocycles. The number of hydrogen-bond donors (Lipinski definition) is 2. The van der Waals surface area contributed by atoms with Crippen molar-refractivity contribution in [1.29, 1.82) is 0 Å². The van der Waals surface area contributed by atoms with E-state index in [4.69, 9.17) is 5.73 Å². The highest BCUT2D eigenvalue weighted by molar-refractivity contribution is 7.99. The molecular weight excluding hydrogens is 258 g/mol. The molecule has 1 aromatic carbocycles. The van der Waals surface area contributed by atoms with Crippen LogP contribution in [0.4, 0.5) is 11.4 Å². The number of rotatable bonds is 6. The summed E-state index contributed by atoms with van der Waals surface area (Å²) in [6.45, 7) is 4.13. The highest BCUT2D eigenvalue weighted by Crippen LogP contribution is 2.21. The van der Waals surface area contributed by atoms with E-state index < -0.39 is 0 Å². The van der Waals surface area contributed by atoms with Crippen LogP contribution >= 0.6 is 11.8 Å². The van der Waals surface area contributed by atoms with Crippen LogP contribution in [0.5, 0.6) is 0 Å². The first-order chi connectivity index (χ1) is 8.95. The Hall–Kier alpha value is -1.36. The van der Waals surface area contributed by atoms with Gasteiger partial charge in [0.05, 0.1) is 5.56 Å². The maximum atomic E-state index is 12.3. The standard InChI is InChI=1S/C14H23N3OS/c1-5-19-9-10(2)16-14(18)12-8-11(15)6-7-13(12)17(3)4/h6-8,10H,5,9,15H2,1-4H3,(H,16,18). The zero-order valence-electron chi connectivity index (χ0n) is 12.1. The molecule has 0 fully saturated rings. The summed E-state index contributed by atoms with van der Waals surface area (Å²) in [7, 11) is 3.83. The van der Waals surface area contributed by atoms with Crippen LogP contribution in [0.2, 0.25) is 0 Å². The van der Waals surface area contributed by atoms with Crippen LogP contribution in [0.15, 0.2) is 18.2 Å². The largest absolute Gasteiger partial charge is 0.399 e. The third-order valence-corrected chi connectivity index (χ3v) is 3.84. The Morgan fingerprint density at radius 1 is 1.47 bits per heavy atom. The Labute approximate surface area is 119 Å². The van der Waals surface area contributed by atoms with Gasteiger partial charge in [-0.3, -0.25) is 4.79 Å². The lowest BCUT2D eigenvalue weighted by molar-refractivity contribution is 0.0944. The number of carbonyl (C=O) groups is 1. The number of nitrogens with one attached hydrogen (secondary N) is 1. The maximum absolute atomic E-state index is 12.3. The number of amides is 1. The van der Waals surface area contributed by atoms with Gasteiger partial charge in [-0.1, -0.05) is 6.92 Å². The molecule has 1 rings (SSSR count). The van der Waals surface area contributed by atoms with E-state index in [0.29, 0.717) is 11.3 Å². The second-order valence-corrected chi connectivity index (χ2v) is 6.02. The predicted molar refractivity (Wildman–Crippen MR) is 85.1 cm³/mol. The van der Waals surface area contributed by atoms with Crippen LogP contribution in [0.25, 0.3) is 0 Å². The summed E-state index contributed by atoms with van der Waals surface area (Å²) in [5.41, 5.74) is 7.88. The fraction of sp³-hybridized carbons (Fsp3) is 0.500. The van der Waals surface area contributed by atoms with Gasteiger partial charge in [0.15, 0.2) is 0 Å². The van der Waals surface area contributed by atoms with Crippen LogP contribution in [0.3, 0.4) is 0 Å². The van der Waals surface area contributed by atoms with Crippen LogP contribution in [-0.4, -0.2) is 37.6 Å². The molecule has 0 aliphatic carbocycles. The van der Waals surface area contributed by atoms with Crippen LogP contribution in [0.1, 0.15) is 24.2 Å². The second kappa shape index (κ2) is 7.28. The third-order valence-electron chi connectivity index (χ3n) is 2.70. The van der Waals surface area contributed by atoms with Crippen LogP contribution < -0.4 is 16.0 Å². The number of hydrogen-bond acceptors (Lipinski definition) is 4. The van der Waals surface area contributed by atoms with E-state index in [9.17, 15) is 4.79 Å². The van der Waals surface area contributed by atoms with Gasteiger partial charge in [0.1, 0.15) is 0 Å². The molecule has 0 saturated carbocycles. The van der Waals surface area contributed by atoms with Gasteiger partial charge in [0, 0.05) is 37.3 Å². The highest BCUT2D eigenvalue weighted by Gasteiger charge is 2.15. The molecule has 1 atom stereocenters. The average Bonchev–Trinajstić information content (AvgIpc) is 2.35. The molecule has 1 aromatic rings. The number of nitrogens with two attached hydrogens (primary N) is 1. The summed E-state index contributed by atoms with van der Waals surface area (Å²) >= 11 is 1.82. The van der Waals surface area contributed by atoms with E-state index in [1.807, 2.05) is 49.8 Å². The highest BCUT2D eigenvalue weighted by atomic mass is 32.2. The van der Waals surface area contributed by atoms with Crippen molar-refractivity contribution in [3.05, 3.63) is 23.8 Å². The summed E-state index contributed by atoms with van der Waals surface area (Å²) in [5, 5.41) is 3.01. The smallest absolute Gasteiger partial charge is 0.253 e. The lowest BCUT2D eigenvalue weighted by Gasteiger charge is -2.19. The molecule has 3 N–H and O–H groups in total. The maximum Gasteiger partial charge on any atom is 0.253 e. The molecule has 0 aliphatic rings. The summed E-state index contributed by atoms with van der Waals surface area (Å²) in [4.78, 5) is 14.2. The lowest BCUT2D eigenvalue weighted by atomic mass is 10.1. The Balaban J connectivity index is 2.83. The van der Waals surface area contributed by atoms with Crippen molar-refractivity contribution in [1.82, 2.24) is 5.32 Å². The van der Waals surface area contributed by atoms with Crippen molar-refractivity contribution in [3.63, 3.8) is 0 Å². The van der Waals surface area contributed by atoms with Gasteiger partial charge in [-0.25, -0.2) is 0 Å².